The number of nitrogens with zero attached hydrogens (tertiary/aromatic N) is 1. The van der Waals surface area contributed by atoms with Crippen molar-refractivity contribution in [2.45, 2.75) is 11.3 Å². The van der Waals surface area contributed by atoms with E-state index in [4.69, 9.17) is 15.2 Å². The molecule has 1 heterocycles. The van der Waals surface area contributed by atoms with E-state index in [2.05, 4.69) is 15.0 Å². The normalized spacial score (nSPS) is 13.9. The summed E-state index contributed by atoms with van der Waals surface area (Å²) < 4.78 is 37.9. The molecule has 0 saturated heterocycles. The van der Waals surface area contributed by atoms with E-state index in [1.165, 1.54) is 12.1 Å². The number of rotatable bonds is 6. The monoisotopic (exact) mass is 518 g/mol. The van der Waals surface area contributed by atoms with Crippen molar-refractivity contribution in [1.29, 1.82) is 0 Å². The molecular weight excluding hydrogens is 495 g/mol. The molecule has 0 radical (unpaired) electrons. The van der Waals surface area contributed by atoms with Crippen molar-refractivity contribution in [1.82, 2.24) is 4.72 Å². The fourth-order valence-electron chi connectivity index (χ4n) is 2.47. The maximum atomic E-state index is 12.1. The van der Waals surface area contributed by atoms with Crippen LogP contribution in [0.5, 0.6) is 11.5 Å². The lowest BCUT2D eigenvalue weighted by molar-refractivity contribution is 0.297. The highest BCUT2D eigenvalue weighted by Gasteiger charge is 2.12. The second kappa shape index (κ2) is 10.5. The molecule has 0 unspecified atom stereocenters. The van der Waals surface area contributed by atoms with Gasteiger partial charge in [-0.3, -0.25) is 4.99 Å². The van der Waals surface area contributed by atoms with Gasteiger partial charge in [-0.15, -0.1) is 24.0 Å². The number of ether oxygens (including phenoxy) is 2. The average molecular weight is 518 g/mol. The molecule has 0 spiro atoms. The topological polar surface area (TPSA) is 115 Å². The lowest BCUT2D eigenvalue weighted by atomic mass is 10.3. The molecule has 8 nitrogen and oxygen atoms in total. The molecule has 0 saturated carbocycles. The number of nitrogens with two attached hydrogens (primary N) is 1. The molecule has 3 rings (SSSR count). The number of fused-ring (bicyclic) bond motifs is 1. The fraction of sp³-hybridized carbons (Fsp3) is 0.278. The van der Waals surface area contributed by atoms with Crippen molar-refractivity contribution < 1.29 is 17.9 Å². The Bertz CT molecular complexity index is 907. The molecule has 152 valence electrons. The van der Waals surface area contributed by atoms with Crippen molar-refractivity contribution in [3.63, 3.8) is 0 Å². The number of aliphatic imine (C=N–C) groups is 1. The summed E-state index contributed by atoms with van der Waals surface area (Å²) in [5.41, 5.74) is 6.58. The van der Waals surface area contributed by atoms with Gasteiger partial charge < -0.3 is 20.5 Å². The van der Waals surface area contributed by atoms with Gasteiger partial charge in [-0.1, -0.05) is 18.2 Å². The molecule has 10 heteroatoms. The quantitative estimate of drug-likeness (QED) is 0.234. The Balaban J connectivity index is 0.00000280. The van der Waals surface area contributed by atoms with E-state index in [-0.39, 0.29) is 47.9 Å². The van der Waals surface area contributed by atoms with Crippen LogP contribution in [-0.4, -0.2) is 40.7 Å². The average Bonchev–Trinajstić information content (AvgIpc) is 2.91. The summed E-state index contributed by atoms with van der Waals surface area (Å²) in [5.74, 6) is 1.54. The summed E-state index contributed by atoms with van der Waals surface area (Å²) in [5, 5.41) is 2.96. The first kappa shape index (κ1) is 22.2. The Labute approximate surface area is 181 Å². The molecule has 4 N–H and O–H groups in total. The molecule has 2 aromatic carbocycles. The second-order valence-electron chi connectivity index (χ2n) is 5.81. The minimum atomic E-state index is -3.54. The van der Waals surface area contributed by atoms with Gasteiger partial charge in [0, 0.05) is 24.7 Å². The SMILES string of the molecule is I.NC(=NCCNS(=O)(=O)c1ccccc1)Nc1ccc2c(c1)OCCCO2. The summed E-state index contributed by atoms with van der Waals surface area (Å²) in [6, 6.07) is 13.6. The third kappa shape index (κ3) is 6.24. The maximum Gasteiger partial charge on any atom is 0.240 e. The first-order chi connectivity index (χ1) is 13.0. The third-order valence-electron chi connectivity index (χ3n) is 3.76. The molecule has 0 fully saturated rings. The van der Waals surface area contributed by atoms with Crippen LogP contribution in [0.4, 0.5) is 5.69 Å². The van der Waals surface area contributed by atoms with Crippen LogP contribution in [0.15, 0.2) is 58.4 Å². The predicted octanol–water partition coefficient (Wildman–Crippen LogP) is 2.17. The van der Waals surface area contributed by atoms with Crippen LogP contribution in [0.25, 0.3) is 0 Å². The highest BCUT2D eigenvalue weighted by molar-refractivity contribution is 14.0. The molecular formula is C18H23IN4O4S. The first-order valence-corrected chi connectivity index (χ1v) is 10.0. The van der Waals surface area contributed by atoms with Gasteiger partial charge in [0.1, 0.15) is 0 Å². The van der Waals surface area contributed by atoms with Crippen LogP contribution >= 0.6 is 24.0 Å². The van der Waals surface area contributed by atoms with Crippen LogP contribution in [-0.2, 0) is 10.0 Å². The van der Waals surface area contributed by atoms with Crippen LogP contribution in [0.3, 0.4) is 0 Å². The number of halogens is 1. The minimum Gasteiger partial charge on any atom is -0.490 e. The second-order valence-corrected chi connectivity index (χ2v) is 7.58. The van der Waals surface area contributed by atoms with Gasteiger partial charge in [0.2, 0.25) is 10.0 Å². The van der Waals surface area contributed by atoms with E-state index in [1.807, 2.05) is 12.1 Å². The molecule has 0 amide bonds. The molecule has 1 aliphatic heterocycles. The summed E-state index contributed by atoms with van der Waals surface area (Å²) >= 11 is 0. The van der Waals surface area contributed by atoms with Crippen LogP contribution in [0.2, 0.25) is 0 Å². The zero-order chi connectivity index (χ0) is 19.1. The fourth-order valence-corrected chi connectivity index (χ4v) is 3.51. The van der Waals surface area contributed by atoms with Crippen LogP contribution in [0, 0.1) is 0 Å². The van der Waals surface area contributed by atoms with Gasteiger partial charge in [-0.2, -0.15) is 0 Å². The van der Waals surface area contributed by atoms with Crippen molar-refractivity contribution in [2.75, 3.05) is 31.6 Å². The van der Waals surface area contributed by atoms with E-state index < -0.39 is 10.0 Å². The lowest BCUT2D eigenvalue weighted by Gasteiger charge is -2.11. The zero-order valence-electron chi connectivity index (χ0n) is 15.1. The van der Waals surface area contributed by atoms with Gasteiger partial charge in [0.25, 0.3) is 0 Å². The Morgan fingerprint density at radius 3 is 2.54 bits per heavy atom. The van der Waals surface area contributed by atoms with Crippen molar-refractivity contribution >= 4 is 45.6 Å². The van der Waals surface area contributed by atoms with E-state index >= 15 is 0 Å². The molecule has 0 aliphatic carbocycles. The highest BCUT2D eigenvalue weighted by atomic mass is 127. The minimum absolute atomic E-state index is 0. The van der Waals surface area contributed by atoms with E-state index in [9.17, 15) is 8.42 Å². The van der Waals surface area contributed by atoms with Crippen molar-refractivity contribution in [3.8, 4) is 11.5 Å². The molecule has 0 aromatic heterocycles. The molecule has 1 aliphatic rings. The van der Waals surface area contributed by atoms with Gasteiger partial charge in [0.15, 0.2) is 17.5 Å². The third-order valence-corrected chi connectivity index (χ3v) is 5.24. The Kier molecular flexibility index (Phi) is 8.33. The lowest BCUT2D eigenvalue weighted by Crippen LogP contribution is -2.28. The van der Waals surface area contributed by atoms with Gasteiger partial charge >= 0.3 is 0 Å². The van der Waals surface area contributed by atoms with Gasteiger partial charge in [-0.25, -0.2) is 13.1 Å². The Hall–Kier alpha value is -2.05. The molecule has 28 heavy (non-hydrogen) atoms. The number of benzene rings is 2. The Morgan fingerprint density at radius 2 is 1.79 bits per heavy atom. The number of guanidine groups is 1. The standard InChI is InChI=1S/C18H22N4O4S.HI/c19-18(20-9-10-21-27(23,24)15-5-2-1-3-6-15)22-14-7-8-16-17(13-14)26-12-4-11-25-16;/h1-3,5-8,13,21H,4,9-12H2,(H3,19,20,22);1H. The van der Waals surface area contributed by atoms with Crippen molar-refractivity contribution in [2.24, 2.45) is 10.7 Å². The summed E-state index contributed by atoms with van der Waals surface area (Å²) in [7, 11) is -3.54. The van der Waals surface area contributed by atoms with Crippen molar-refractivity contribution in [3.05, 3.63) is 48.5 Å². The summed E-state index contributed by atoms with van der Waals surface area (Å²) in [6.07, 6.45) is 0.833. The molecule has 0 atom stereocenters. The molecule has 2 aromatic rings. The zero-order valence-corrected chi connectivity index (χ0v) is 18.3. The maximum absolute atomic E-state index is 12.1. The van der Waals surface area contributed by atoms with E-state index in [0.29, 0.717) is 30.4 Å². The van der Waals surface area contributed by atoms with Crippen LogP contribution in [0.1, 0.15) is 6.42 Å². The number of nitrogens with one attached hydrogen (secondary N) is 2. The van der Waals surface area contributed by atoms with E-state index in [1.54, 1.807) is 24.3 Å². The number of hydrogen-bond donors (Lipinski definition) is 3. The number of hydrogen-bond acceptors (Lipinski definition) is 5. The van der Waals surface area contributed by atoms with Gasteiger partial charge in [-0.05, 0) is 24.3 Å². The molecule has 0 bridgehead atoms. The van der Waals surface area contributed by atoms with E-state index in [0.717, 1.165) is 6.42 Å². The number of anilines is 1. The van der Waals surface area contributed by atoms with Crippen LogP contribution < -0.4 is 25.2 Å². The number of sulfonamides is 1. The highest BCUT2D eigenvalue weighted by Crippen LogP contribution is 2.32. The smallest absolute Gasteiger partial charge is 0.240 e. The first-order valence-electron chi connectivity index (χ1n) is 8.56. The Morgan fingerprint density at radius 1 is 1.07 bits per heavy atom. The predicted molar refractivity (Wildman–Crippen MR) is 119 cm³/mol. The summed E-state index contributed by atoms with van der Waals surface area (Å²) in [6.45, 7) is 1.57. The van der Waals surface area contributed by atoms with Gasteiger partial charge in [0.05, 0.1) is 24.7 Å². The summed E-state index contributed by atoms with van der Waals surface area (Å²) in [4.78, 5) is 4.35. The largest absolute Gasteiger partial charge is 0.490 e.